The molecule has 7 heteroatoms. The Morgan fingerprint density at radius 2 is 2.12 bits per heavy atom. The summed E-state index contributed by atoms with van der Waals surface area (Å²) in [4.78, 5) is 26.7. The van der Waals surface area contributed by atoms with E-state index in [1.54, 1.807) is 0 Å². The van der Waals surface area contributed by atoms with Crippen LogP contribution in [-0.2, 0) is 14.4 Å². The fraction of sp³-hybridized carbons (Fsp3) is 0.778. The van der Waals surface area contributed by atoms with Gasteiger partial charge in [-0.05, 0) is 20.8 Å². The summed E-state index contributed by atoms with van der Waals surface area (Å²) >= 11 is 0. The normalized spacial score (nSPS) is 19.7. The third-order valence-electron chi connectivity index (χ3n) is 1.15. The predicted octanol–water partition coefficient (Wildman–Crippen LogP) is 0.230. The zero-order valence-electron chi connectivity index (χ0n) is 14.1. The summed E-state index contributed by atoms with van der Waals surface area (Å²) in [5.74, 6) is -2.04. The third-order valence-corrected chi connectivity index (χ3v) is 1.15. The van der Waals surface area contributed by atoms with Gasteiger partial charge in [-0.15, -0.1) is 5.06 Å². The van der Waals surface area contributed by atoms with Crippen molar-refractivity contribution >= 4 is 12.1 Å². The lowest BCUT2D eigenvalue weighted by atomic mass is 10.2. The van der Waals surface area contributed by atoms with E-state index in [0.717, 1.165) is 0 Å². The van der Waals surface area contributed by atoms with Crippen LogP contribution >= 0.6 is 0 Å². The Labute approximate surface area is 101 Å². The van der Waals surface area contributed by atoms with Gasteiger partial charge in [0.05, 0.1) is 9.30 Å². The molecule has 16 heavy (non-hydrogen) atoms. The molecule has 1 atom stereocenters. The van der Waals surface area contributed by atoms with Crippen molar-refractivity contribution in [1.29, 1.82) is 0 Å². The molecule has 0 aliphatic carbocycles. The van der Waals surface area contributed by atoms with Crippen LogP contribution in [0.25, 0.3) is 0 Å². The van der Waals surface area contributed by atoms with Crippen molar-refractivity contribution in [2.75, 3.05) is 13.5 Å². The topological polar surface area (TPSA) is 96.3 Å². The standard InChI is InChI=1S/C9H17NO6/c1-9(2,3)15-8(14)16-10(4)6(5-11)7(12)13/h6,11H,5H2,1-4H3,(H,12,13)/t6-/m1/s1/i4D3,5D2. The van der Waals surface area contributed by atoms with Gasteiger partial charge in [0.25, 0.3) is 0 Å². The number of nitrogens with zero attached hydrogens (tertiary/aromatic N) is 1. The number of carbonyl (C=O) groups is 2. The minimum Gasteiger partial charge on any atom is -0.480 e. The summed E-state index contributed by atoms with van der Waals surface area (Å²) in [5.41, 5.74) is -1.05. The van der Waals surface area contributed by atoms with Crippen LogP contribution in [0.3, 0.4) is 0 Å². The van der Waals surface area contributed by atoms with Crippen LogP contribution in [0.4, 0.5) is 4.79 Å². The minimum atomic E-state index is -3.48. The van der Waals surface area contributed by atoms with E-state index in [1.165, 1.54) is 20.8 Å². The molecule has 0 spiro atoms. The van der Waals surface area contributed by atoms with Gasteiger partial charge < -0.3 is 19.8 Å². The summed E-state index contributed by atoms with van der Waals surface area (Å²) in [6, 6.07) is -2.67. The van der Waals surface area contributed by atoms with E-state index >= 15 is 0 Å². The second-order valence-electron chi connectivity index (χ2n) is 3.75. The molecule has 0 saturated carbocycles. The molecule has 0 amide bonds. The summed E-state index contributed by atoms with van der Waals surface area (Å²) in [7, 11) is 0. The van der Waals surface area contributed by atoms with Gasteiger partial charge >= 0.3 is 12.1 Å². The first-order valence-electron chi connectivity index (χ1n) is 6.71. The number of carboxylic acid groups (broad SMARTS) is 1. The number of hydroxylamine groups is 2. The monoisotopic (exact) mass is 240 g/mol. The summed E-state index contributed by atoms with van der Waals surface area (Å²) in [6.45, 7) is -2.46. The van der Waals surface area contributed by atoms with Gasteiger partial charge in [0.1, 0.15) is 5.60 Å². The lowest BCUT2D eigenvalue weighted by molar-refractivity contribution is -0.178. The van der Waals surface area contributed by atoms with Crippen molar-refractivity contribution < 1.29 is 36.2 Å². The van der Waals surface area contributed by atoms with E-state index in [1.807, 2.05) is 0 Å². The van der Waals surface area contributed by atoms with Gasteiger partial charge in [0.15, 0.2) is 6.04 Å². The van der Waals surface area contributed by atoms with Crippen molar-refractivity contribution in [3.63, 3.8) is 0 Å². The molecule has 2 N–H and O–H groups in total. The summed E-state index contributed by atoms with van der Waals surface area (Å²) < 4.78 is 39.9. The third kappa shape index (κ3) is 5.52. The zero-order chi connectivity index (χ0) is 17.2. The van der Waals surface area contributed by atoms with Gasteiger partial charge in [-0.3, -0.25) is 4.79 Å². The smallest absolute Gasteiger partial charge is 0.480 e. The van der Waals surface area contributed by atoms with Gasteiger partial charge in [0, 0.05) is 11.1 Å². The van der Waals surface area contributed by atoms with Crippen LogP contribution in [0.5, 0.6) is 0 Å². The molecular weight excluding hydrogens is 218 g/mol. The molecule has 7 nitrogen and oxygen atoms in total. The van der Waals surface area contributed by atoms with Gasteiger partial charge in [-0.25, -0.2) is 4.79 Å². The quantitative estimate of drug-likeness (QED) is 0.536. The average Bonchev–Trinajstić information content (AvgIpc) is 2.08. The highest BCUT2D eigenvalue weighted by atomic mass is 16.8. The van der Waals surface area contributed by atoms with Gasteiger partial charge in [-0.2, -0.15) is 0 Å². The Morgan fingerprint density at radius 3 is 2.44 bits per heavy atom. The molecule has 0 unspecified atom stereocenters. The molecule has 0 saturated heterocycles. The van der Waals surface area contributed by atoms with Crippen molar-refractivity contribution in [2.45, 2.75) is 32.4 Å². The van der Waals surface area contributed by atoms with E-state index in [0.29, 0.717) is 0 Å². The van der Waals surface area contributed by atoms with Crippen LogP contribution in [0.15, 0.2) is 0 Å². The molecule has 0 aromatic rings. The first kappa shape index (κ1) is 7.86. The Kier molecular flexibility index (Phi) is 2.78. The number of hydrogen-bond acceptors (Lipinski definition) is 6. The molecule has 0 heterocycles. The maximum atomic E-state index is 11.4. The van der Waals surface area contributed by atoms with E-state index < -0.39 is 42.4 Å². The molecule has 0 aliphatic heterocycles. The SMILES string of the molecule is [2H]C([2H])(O)[C@H](C(=O)O)N(OC(=O)OC(C)(C)C)C([2H])([2H])[2H]. The Balaban J connectivity index is 5.41. The highest BCUT2D eigenvalue weighted by Crippen LogP contribution is 2.09. The van der Waals surface area contributed by atoms with Crippen LogP contribution < -0.4 is 0 Å². The van der Waals surface area contributed by atoms with Crippen LogP contribution in [-0.4, -0.2) is 52.6 Å². The number of carbonyl (C=O) groups excluding carboxylic acids is 1. The van der Waals surface area contributed by atoms with E-state index in [9.17, 15) is 9.59 Å². The lowest BCUT2D eigenvalue weighted by Gasteiger charge is -2.24. The Morgan fingerprint density at radius 1 is 1.56 bits per heavy atom. The fourth-order valence-corrected chi connectivity index (χ4v) is 0.610. The molecule has 0 rings (SSSR count). The minimum absolute atomic E-state index is 0.427. The molecule has 0 bridgehead atoms. The van der Waals surface area contributed by atoms with Crippen molar-refractivity contribution in [2.24, 2.45) is 0 Å². The summed E-state index contributed by atoms with van der Waals surface area (Å²) in [5, 5.41) is 17.6. The number of likely N-dealkylation sites (N-methyl/N-ethyl adjacent to an activating group) is 1. The first-order chi connectivity index (χ1) is 9.05. The van der Waals surface area contributed by atoms with E-state index in [2.05, 4.69) is 9.57 Å². The molecule has 94 valence electrons. The van der Waals surface area contributed by atoms with E-state index in [-0.39, 0.29) is 0 Å². The fourth-order valence-electron chi connectivity index (χ4n) is 0.610. The second kappa shape index (κ2) is 5.66. The highest BCUT2D eigenvalue weighted by molar-refractivity contribution is 5.73. The largest absolute Gasteiger partial charge is 0.528 e. The zero-order valence-corrected chi connectivity index (χ0v) is 9.05. The van der Waals surface area contributed by atoms with Gasteiger partial charge in [0.2, 0.25) is 0 Å². The second-order valence-corrected chi connectivity index (χ2v) is 3.75. The predicted molar refractivity (Wildman–Crippen MR) is 53.6 cm³/mol. The molecule has 0 aliphatic rings. The first-order valence-corrected chi connectivity index (χ1v) is 4.21. The van der Waals surface area contributed by atoms with Gasteiger partial charge in [-0.1, -0.05) is 0 Å². The van der Waals surface area contributed by atoms with Crippen molar-refractivity contribution in [3.05, 3.63) is 0 Å². The van der Waals surface area contributed by atoms with Crippen LogP contribution in [0.1, 0.15) is 27.6 Å². The highest BCUT2D eigenvalue weighted by Gasteiger charge is 2.27. The number of aliphatic hydroxyl groups is 1. The number of hydrogen-bond donors (Lipinski definition) is 2. The average molecular weight is 240 g/mol. The number of carboxylic acids is 1. The summed E-state index contributed by atoms with van der Waals surface area (Å²) in [6.07, 6.45) is -1.55. The molecule has 0 fully saturated rings. The number of rotatable bonds is 4. The number of ether oxygens (including phenoxy) is 1. The molecule has 0 radical (unpaired) electrons. The molecular formula is C9H17NO6. The van der Waals surface area contributed by atoms with E-state index in [4.69, 9.17) is 17.1 Å². The maximum Gasteiger partial charge on any atom is 0.528 e. The lowest BCUT2D eigenvalue weighted by Crippen LogP contribution is -2.43. The van der Waals surface area contributed by atoms with Crippen molar-refractivity contribution in [1.82, 2.24) is 5.06 Å². The Hall–Kier alpha value is -1.34. The molecule has 0 aromatic carbocycles. The van der Waals surface area contributed by atoms with Crippen LogP contribution in [0, 0.1) is 0 Å². The van der Waals surface area contributed by atoms with Crippen molar-refractivity contribution in [3.8, 4) is 0 Å². The number of aliphatic carboxylic acids is 1. The Bertz CT molecular complexity index is 399. The maximum absolute atomic E-state index is 11.4. The van der Waals surface area contributed by atoms with Crippen LogP contribution in [0.2, 0.25) is 0 Å². The molecule has 0 aromatic heterocycles.